The maximum Gasteiger partial charge on any atom is 0.162 e. The SMILES string of the molecule is CNc1nc(-c2ccccc2C2CC2)nc(C2CC2)c1I. The molecule has 108 valence electrons. The molecule has 1 aromatic heterocycles. The second-order valence-corrected chi connectivity index (χ2v) is 7.06. The number of hydrogen-bond donors (Lipinski definition) is 1. The van der Waals surface area contributed by atoms with Gasteiger partial charge in [0, 0.05) is 18.5 Å². The summed E-state index contributed by atoms with van der Waals surface area (Å²) >= 11 is 2.38. The Morgan fingerprint density at radius 1 is 1.05 bits per heavy atom. The molecule has 21 heavy (non-hydrogen) atoms. The number of anilines is 1. The fourth-order valence-corrected chi connectivity index (χ4v) is 3.78. The zero-order valence-electron chi connectivity index (χ0n) is 12.1. The van der Waals surface area contributed by atoms with Crippen LogP contribution in [0.15, 0.2) is 24.3 Å². The van der Waals surface area contributed by atoms with E-state index >= 15 is 0 Å². The van der Waals surface area contributed by atoms with Crippen molar-refractivity contribution in [2.75, 3.05) is 12.4 Å². The Morgan fingerprint density at radius 2 is 1.76 bits per heavy atom. The van der Waals surface area contributed by atoms with Gasteiger partial charge in [-0.15, -0.1) is 0 Å². The molecule has 3 nitrogen and oxygen atoms in total. The van der Waals surface area contributed by atoms with Crippen molar-refractivity contribution in [3.63, 3.8) is 0 Å². The van der Waals surface area contributed by atoms with Crippen molar-refractivity contribution < 1.29 is 0 Å². The van der Waals surface area contributed by atoms with E-state index in [0.29, 0.717) is 11.8 Å². The van der Waals surface area contributed by atoms with E-state index in [2.05, 4.69) is 52.2 Å². The fourth-order valence-electron chi connectivity index (χ4n) is 2.83. The van der Waals surface area contributed by atoms with Crippen molar-refractivity contribution in [3.8, 4) is 11.4 Å². The van der Waals surface area contributed by atoms with Crippen molar-refractivity contribution in [2.24, 2.45) is 0 Å². The van der Waals surface area contributed by atoms with Crippen LogP contribution in [0, 0.1) is 3.57 Å². The van der Waals surface area contributed by atoms with E-state index in [1.54, 1.807) is 0 Å². The Bertz CT molecular complexity index is 690. The topological polar surface area (TPSA) is 37.8 Å². The van der Waals surface area contributed by atoms with E-state index in [1.807, 2.05) is 7.05 Å². The van der Waals surface area contributed by atoms with Gasteiger partial charge < -0.3 is 5.32 Å². The van der Waals surface area contributed by atoms with Gasteiger partial charge in [0.05, 0.1) is 9.26 Å². The molecule has 2 aliphatic carbocycles. The minimum atomic E-state index is 0.638. The van der Waals surface area contributed by atoms with Gasteiger partial charge in [0.25, 0.3) is 0 Å². The minimum Gasteiger partial charge on any atom is -0.372 e. The first-order valence-corrected chi connectivity index (χ1v) is 8.70. The van der Waals surface area contributed by atoms with Crippen LogP contribution in [0.5, 0.6) is 0 Å². The van der Waals surface area contributed by atoms with Crippen molar-refractivity contribution in [3.05, 3.63) is 39.1 Å². The summed E-state index contributed by atoms with van der Waals surface area (Å²) in [5, 5.41) is 3.23. The lowest BCUT2D eigenvalue weighted by molar-refractivity contribution is 0.974. The molecular formula is C17H18IN3. The van der Waals surface area contributed by atoms with Crippen LogP contribution in [0.25, 0.3) is 11.4 Å². The molecule has 4 rings (SSSR count). The summed E-state index contributed by atoms with van der Waals surface area (Å²) in [6.07, 6.45) is 5.13. The number of aromatic nitrogens is 2. The minimum absolute atomic E-state index is 0.638. The summed E-state index contributed by atoms with van der Waals surface area (Å²) in [4.78, 5) is 9.70. The molecule has 0 saturated heterocycles. The van der Waals surface area contributed by atoms with Gasteiger partial charge in [-0.1, -0.05) is 24.3 Å². The Morgan fingerprint density at radius 3 is 2.43 bits per heavy atom. The van der Waals surface area contributed by atoms with E-state index in [1.165, 1.54) is 46.1 Å². The molecule has 0 spiro atoms. The summed E-state index contributed by atoms with van der Waals surface area (Å²) in [5.41, 5.74) is 3.87. The summed E-state index contributed by atoms with van der Waals surface area (Å²) < 4.78 is 1.19. The van der Waals surface area contributed by atoms with Gasteiger partial charge in [-0.2, -0.15) is 0 Å². The standard InChI is InChI=1S/C17H18IN3/c1-19-17-14(18)15(11-8-9-11)20-16(21-17)13-5-3-2-4-12(13)10-6-7-10/h2-5,10-11H,6-9H2,1H3,(H,19,20,21). The number of rotatable bonds is 4. The quantitative estimate of drug-likeness (QED) is 0.778. The number of benzene rings is 1. The third-order valence-corrected chi connectivity index (χ3v) is 5.36. The fraction of sp³-hybridized carbons (Fsp3) is 0.412. The van der Waals surface area contributed by atoms with Gasteiger partial charge in [-0.3, -0.25) is 0 Å². The molecule has 2 fully saturated rings. The first-order valence-electron chi connectivity index (χ1n) is 7.62. The second kappa shape index (κ2) is 5.23. The zero-order chi connectivity index (χ0) is 14.4. The average molecular weight is 391 g/mol. The van der Waals surface area contributed by atoms with E-state index in [4.69, 9.17) is 9.97 Å². The van der Waals surface area contributed by atoms with E-state index in [9.17, 15) is 0 Å². The highest BCUT2D eigenvalue weighted by molar-refractivity contribution is 14.1. The maximum absolute atomic E-state index is 4.93. The van der Waals surface area contributed by atoms with Crippen LogP contribution >= 0.6 is 22.6 Å². The summed E-state index contributed by atoms with van der Waals surface area (Å²) in [7, 11) is 1.94. The first-order chi connectivity index (χ1) is 10.3. The Hall–Kier alpha value is -1.17. The van der Waals surface area contributed by atoms with Crippen molar-refractivity contribution in [2.45, 2.75) is 37.5 Å². The third-order valence-electron chi connectivity index (χ3n) is 4.30. The largest absolute Gasteiger partial charge is 0.372 e. The van der Waals surface area contributed by atoms with Crippen molar-refractivity contribution >= 4 is 28.4 Å². The summed E-state index contributed by atoms with van der Waals surface area (Å²) in [6, 6.07) is 8.64. The molecule has 0 amide bonds. The molecule has 2 saturated carbocycles. The highest BCUT2D eigenvalue weighted by atomic mass is 127. The number of nitrogens with one attached hydrogen (secondary N) is 1. The molecule has 0 unspecified atom stereocenters. The Labute approximate surface area is 138 Å². The lowest BCUT2D eigenvalue weighted by Gasteiger charge is -2.13. The van der Waals surface area contributed by atoms with Crippen LogP contribution in [0.1, 0.15) is 48.8 Å². The molecule has 0 aliphatic heterocycles. The van der Waals surface area contributed by atoms with Gasteiger partial charge >= 0.3 is 0 Å². The molecule has 1 N–H and O–H groups in total. The lowest BCUT2D eigenvalue weighted by Crippen LogP contribution is -2.05. The highest BCUT2D eigenvalue weighted by Gasteiger charge is 2.31. The van der Waals surface area contributed by atoms with Crippen LogP contribution < -0.4 is 5.32 Å². The summed E-state index contributed by atoms with van der Waals surface area (Å²) in [5.74, 6) is 3.21. The first kappa shape index (κ1) is 13.5. The smallest absolute Gasteiger partial charge is 0.162 e. The third kappa shape index (κ3) is 2.54. The molecule has 2 aromatic rings. The molecule has 0 bridgehead atoms. The van der Waals surface area contributed by atoms with Gasteiger partial charge in [-0.05, 0) is 59.8 Å². The van der Waals surface area contributed by atoms with Crippen LogP contribution in [0.4, 0.5) is 5.82 Å². The predicted octanol–water partition coefficient (Wildman–Crippen LogP) is 4.54. The van der Waals surface area contributed by atoms with Crippen LogP contribution in [0.2, 0.25) is 0 Å². The maximum atomic E-state index is 4.93. The molecular weight excluding hydrogens is 373 g/mol. The zero-order valence-corrected chi connectivity index (χ0v) is 14.2. The molecule has 4 heteroatoms. The lowest BCUT2D eigenvalue weighted by atomic mass is 10.0. The number of hydrogen-bond acceptors (Lipinski definition) is 3. The monoisotopic (exact) mass is 391 g/mol. The van der Waals surface area contributed by atoms with Gasteiger partial charge in [0.1, 0.15) is 5.82 Å². The second-order valence-electron chi connectivity index (χ2n) is 5.98. The van der Waals surface area contributed by atoms with E-state index < -0.39 is 0 Å². The van der Waals surface area contributed by atoms with E-state index in [-0.39, 0.29) is 0 Å². The summed E-state index contributed by atoms with van der Waals surface area (Å²) in [6.45, 7) is 0. The molecule has 0 radical (unpaired) electrons. The van der Waals surface area contributed by atoms with Crippen LogP contribution in [-0.2, 0) is 0 Å². The van der Waals surface area contributed by atoms with Crippen LogP contribution in [0.3, 0.4) is 0 Å². The van der Waals surface area contributed by atoms with Crippen molar-refractivity contribution in [1.82, 2.24) is 9.97 Å². The Kier molecular flexibility index (Phi) is 3.36. The normalized spacial score (nSPS) is 17.8. The van der Waals surface area contributed by atoms with Crippen molar-refractivity contribution in [1.29, 1.82) is 0 Å². The number of nitrogens with zero attached hydrogens (tertiary/aromatic N) is 2. The molecule has 1 heterocycles. The molecule has 2 aliphatic rings. The van der Waals surface area contributed by atoms with Gasteiger partial charge in [0.15, 0.2) is 5.82 Å². The molecule has 1 aromatic carbocycles. The molecule has 0 atom stereocenters. The Balaban J connectivity index is 1.86. The number of halogens is 1. The van der Waals surface area contributed by atoms with Crippen LogP contribution in [-0.4, -0.2) is 17.0 Å². The van der Waals surface area contributed by atoms with Gasteiger partial charge in [0.2, 0.25) is 0 Å². The van der Waals surface area contributed by atoms with E-state index in [0.717, 1.165) is 11.6 Å². The predicted molar refractivity (Wildman–Crippen MR) is 93.7 cm³/mol. The highest BCUT2D eigenvalue weighted by Crippen LogP contribution is 2.46. The average Bonchev–Trinajstić information content (AvgIpc) is 3.40. The van der Waals surface area contributed by atoms with Gasteiger partial charge in [-0.25, -0.2) is 9.97 Å².